The number of rotatable bonds is 2. The molecule has 1 aliphatic rings. The molecule has 4 nitrogen and oxygen atoms in total. The van der Waals surface area contributed by atoms with Crippen LogP contribution in [0.2, 0.25) is 0 Å². The van der Waals surface area contributed by atoms with Gasteiger partial charge in [-0.2, -0.15) is 0 Å². The third-order valence-electron chi connectivity index (χ3n) is 4.23. The van der Waals surface area contributed by atoms with E-state index in [1.165, 1.54) is 25.7 Å². The minimum Gasteiger partial charge on any atom is -0.356 e. The fourth-order valence-corrected chi connectivity index (χ4v) is 3.17. The molecule has 0 radical (unpaired) electrons. The predicted octanol–water partition coefficient (Wildman–Crippen LogP) is 2.97. The van der Waals surface area contributed by atoms with Crippen LogP contribution in [-0.4, -0.2) is 28.0 Å². The van der Waals surface area contributed by atoms with E-state index >= 15 is 0 Å². The number of nitrogens with zero attached hydrogens (tertiary/aromatic N) is 3. The van der Waals surface area contributed by atoms with Crippen LogP contribution >= 0.6 is 0 Å². The Morgan fingerprint density at radius 3 is 2.94 bits per heavy atom. The third kappa shape index (κ3) is 1.85. The number of anilines is 1. The number of hydrogen-bond donors (Lipinski definition) is 1. The summed E-state index contributed by atoms with van der Waals surface area (Å²) in [6.07, 6.45) is 8.89. The Morgan fingerprint density at radius 1 is 1.28 bits per heavy atom. The van der Waals surface area contributed by atoms with Crippen LogP contribution in [0.5, 0.6) is 0 Å². The van der Waals surface area contributed by atoms with Crippen molar-refractivity contribution in [2.45, 2.75) is 38.6 Å². The van der Waals surface area contributed by atoms with Gasteiger partial charge >= 0.3 is 0 Å². The zero-order valence-corrected chi connectivity index (χ0v) is 11.1. The average Bonchev–Trinajstić information content (AvgIpc) is 2.86. The third-order valence-corrected chi connectivity index (χ3v) is 4.23. The summed E-state index contributed by atoms with van der Waals surface area (Å²) < 4.78 is 0. The highest BCUT2D eigenvalue weighted by molar-refractivity contribution is 5.87. The predicted molar refractivity (Wildman–Crippen MR) is 73.7 cm³/mol. The monoisotopic (exact) mass is 244 g/mol. The van der Waals surface area contributed by atoms with Crippen LogP contribution in [-0.2, 0) is 0 Å². The summed E-state index contributed by atoms with van der Waals surface area (Å²) in [4.78, 5) is 14.2. The molecule has 0 amide bonds. The van der Waals surface area contributed by atoms with Crippen molar-refractivity contribution >= 4 is 16.9 Å². The van der Waals surface area contributed by atoms with Gasteiger partial charge in [0, 0.05) is 19.3 Å². The zero-order valence-electron chi connectivity index (χ0n) is 11.1. The van der Waals surface area contributed by atoms with Crippen molar-refractivity contribution in [2.24, 2.45) is 5.92 Å². The molecule has 1 fully saturated rings. The molecule has 2 aromatic heterocycles. The van der Waals surface area contributed by atoms with E-state index < -0.39 is 0 Å². The van der Waals surface area contributed by atoms with Crippen molar-refractivity contribution in [2.75, 3.05) is 11.9 Å². The van der Waals surface area contributed by atoms with Gasteiger partial charge in [-0.15, -0.1) is 0 Å². The van der Waals surface area contributed by atoms with E-state index in [1.807, 2.05) is 6.20 Å². The number of aromatic nitrogens is 3. The van der Waals surface area contributed by atoms with Crippen molar-refractivity contribution in [3.8, 4) is 0 Å². The molecule has 1 aliphatic carbocycles. The molecular weight excluding hydrogens is 224 g/mol. The van der Waals surface area contributed by atoms with Crippen LogP contribution in [0.4, 0.5) is 5.82 Å². The Bertz CT molecular complexity index is 533. The molecule has 3 rings (SSSR count). The Balaban J connectivity index is 1.95. The van der Waals surface area contributed by atoms with Crippen LogP contribution in [0.1, 0.15) is 32.6 Å². The molecule has 1 N–H and O–H groups in total. The molecule has 0 aromatic carbocycles. The molecule has 4 heteroatoms. The summed E-state index contributed by atoms with van der Waals surface area (Å²) in [5, 5.41) is 1.12. The van der Waals surface area contributed by atoms with Gasteiger partial charge in [-0.05, 0) is 24.8 Å². The second-order valence-corrected chi connectivity index (χ2v) is 5.38. The lowest BCUT2D eigenvalue weighted by Crippen LogP contribution is -2.39. The van der Waals surface area contributed by atoms with Gasteiger partial charge in [-0.1, -0.05) is 19.8 Å². The molecule has 2 atom stereocenters. The van der Waals surface area contributed by atoms with E-state index in [1.54, 1.807) is 6.33 Å². The van der Waals surface area contributed by atoms with Gasteiger partial charge < -0.3 is 9.88 Å². The first kappa shape index (κ1) is 11.5. The van der Waals surface area contributed by atoms with Crippen LogP contribution < -0.4 is 4.90 Å². The highest BCUT2D eigenvalue weighted by atomic mass is 15.2. The first-order chi connectivity index (χ1) is 8.77. The van der Waals surface area contributed by atoms with Crippen LogP contribution in [0, 0.1) is 5.92 Å². The Hall–Kier alpha value is -1.58. The first-order valence-electron chi connectivity index (χ1n) is 6.78. The Labute approximate surface area is 107 Å². The molecular formula is C14H20N4. The smallest absolute Gasteiger partial charge is 0.142 e. The maximum Gasteiger partial charge on any atom is 0.142 e. The lowest BCUT2D eigenvalue weighted by atomic mass is 9.85. The first-order valence-corrected chi connectivity index (χ1v) is 6.78. The lowest BCUT2D eigenvalue weighted by molar-refractivity contribution is 0.321. The summed E-state index contributed by atoms with van der Waals surface area (Å²) in [6, 6.07) is 2.67. The largest absolute Gasteiger partial charge is 0.356 e. The molecule has 96 valence electrons. The normalized spacial score (nSPS) is 24.3. The molecule has 2 heterocycles. The van der Waals surface area contributed by atoms with E-state index in [2.05, 4.69) is 39.9 Å². The topological polar surface area (TPSA) is 44.8 Å². The fourth-order valence-electron chi connectivity index (χ4n) is 3.17. The van der Waals surface area contributed by atoms with Crippen molar-refractivity contribution in [3.63, 3.8) is 0 Å². The van der Waals surface area contributed by atoms with Crippen LogP contribution in [0.25, 0.3) is 11.0 Å². The molecule has 0 spiro atoms. The molecule has 1 unspecified atom stereocenters. The average molecular weight is 244 g/mol. The number of nitrogens with one attached hydrogen (secondary N) is 1. The van der Waals surface area contributed by atoms with Crippen molar-refractivity contribution in [3.05, 3.63) is 18.6 Å². The molecule has 18 heavy (non-hydrogen) atoms. The van der Waals surface area contributed by atoms with E-state index in [0.717, 1.165) is 22.8 Å². The highest BCUT2D eigenvalue weighted by Crippen LogP contribution is 2.31. The summed E-state index contributed by atoms with van der Waals surface area (Å²) in [5.41, 5.74) is 0.926. The summed E-state index contributed by atoms with van der Waals surface area (Å²) in [6.45, 7) is 2.36. The highest BCUT2D eigenvalue weighted by Gasteiger charge is 2.26. The molecule has 0 saturated heterocycles. The van der Waals surface area contributed by atoms with Crippen LogP contribution in [0.15, 0.2) is 18.6 Å². The lowest BCUT2D eigenvalue weighted by Gasteiger charge is -2.37. The fraction of sp³-hybridized carbons (Fsp3) is 0.571. The van der Waals surface area contributed by atoms with E-state index in [0.29, 0.717) is 6.04 Å². The minimum absolute atomic E-state index is 0.603. The zero-order chi connectivity index (χ0) is 12.5. The van der Waals surface area contributed by atoms with Crippen molar-refractivity contribution in [1.29, 1.82) is 0 Å². The van der Waals surface area contributed by atoms with Gasteiger partial charge in [0.2, 0.25) is 0 Å². The van der Waals surface area contributed by atoms with Gasteiger partial charge in [-0.3, -0.25) is 0 Å². The van der Waals surface area contributed by atoms with E-state index in [9.17, 15) is 0 Å². The molecule has 0 bridgehead atoms. The number of hydrogen-bond acceptors (Lipinski definition) is 3. The summed E-state index contributed by atoms with van der Waals surface area (Å²) in [5.74, 6) is 1.80. The summed E-state index contributed by atoms with van der Waals surface area (Å²) in [7, 11) is 2.17. The van der Waals surface area contributed by atoms with Gasteiger partial charge in [-0.25, -0.2) is 9.97 Å². The number of aromatic amines is 1. The van der Waals surface area contributed by atoms with Crippen molar-refractivity contribution < 1.29 is 0 Å². The van der Waals surface area contributed by atoms with Crippen LogP contribution in [0.3, 0.4) is 0 Å². The Morgan fingerprint density at radius 2 is 2.11 bits per heavy atom. The number of fused-ring (bicyclic) bond motifs is 1. The summed E-state index contributed by atoms with van der Waals surface area (Å²) >= 11 is 0. The van der Waals surface area contributed by atoms with E-state index in [4.69, 9.17) is 0 Å². The SMILES string of the molecule is C[C@@H]1CCCCC1N(C)c1ncnc2[nH]ccc12. The maximum absolute atomic E-state index is 4.48. The Kier molecular flexibility index (Phi) is 2.94. The minimum atomic E-state index is 0.603. The van der Waals surface area contributed by atoms with Gasteiger partial charge in [0.05, 0.1) is 5.39 Å². The van der Waals surface area contributed by atoms with Gasteiger partial charge in [0.15, 0.2) is 0 Å². The quantitative estimate of drug-likeness (QED) is 0.883. The number of H-pyrrole nitrogens is 1. The standard InChI is InChI=1S/C14H20N4/c1-10-5-3-4-6-12(10)18(2)14-11-7-8-15-13(11)16-9-17-14/h7-10,12H,3-6H2,1-2H3,(H,15,16,17)/t10-,12?/m1/s1. The second kappa shape index (κ2) is 4.59. The van der Waals surface area contributed by atoms with E-state index in [-0.39, 0.29) is 0 Å². The molecule has 0 aliphatic heterocycles. The van der Waals surface area contributed by atoms with Crippen molar-refractivity contribution in [1.82, 2.24) is 15.0 Å². The van der Waals surface area contributed by atoms with Gasteiger partial charge in [0.1, 0.15) is 17.8 Å². The maximum atomic E-state index is 4.48. The van der Waals surface area contributed by atoms with Gasteiger partial charge in [0.25, 0.3) is 0 Å². The second-order valence-electron chi connectivity index (χ2n) is 5.38. The molecule has 1 saturated carbocycles. The molecule has 2 aromatic rings.